The molecule has 9 nitrogen and oxygen atoms in total. The van der Waals surface area contributed by atoms with Crippen LogP contribution in [-0.4, -0.2) is 49.3 Å². The third-order valence-electron chi connectivity index (χ3n) is 6.74. The maximum absolute atomic E-state index is 12.3. The van der Waals surface area contributed by atoms with Crippen molar-refractivity contribution in [1.29, 1.82) is 0 Å². The van der Waals surface area contributed by atoms with E-state index in [2.05, 4.69) is 11.8 Å². The zero-order chi connectivity index (χ0) is 29.4. The van der Waals surface area contributed by atoms with Gasteiger partial charge in [0, 0.05) is 25.7 Å². The van der Waals surface area contributed by atoms with E-state index in [1.54, 1.807) is 80.9 Å². The van der Waals surface area contributed by atoms with Gasteiger partial charge in [-0.15, -0.1) is 5.06 Å². The molecule has 9 heteroatoms. The molecule has 1 fully saturated rings. The number of carbonyl (C=O) groups is 3. The Morgan fingerprint density at radius 1 is 0.829 bits per heavy atom. The van der Waals surface area contributed by atoms with Crippen LogP contribution in [0.15, 0.2) is 66.7 Å². The maximum atomic E-state index is 12.3. The number of methoxy groups -OCH3 is 3. The Bertz CT molecular complexity index is 1400. The first-order chi connectivity index (χ1) is 19.8. The van der Waals surface area contributed by atoms with E-state index in [0.717, 1.165) is 0 Å². The summed E-state index contributed by atoms with van der Waals surface area (Å²) in [5.74, 6) is 6.26. The largest absolute Gasteiger partial charge is 0.497 e. The van der Waals surface area contributed by atoms with Crippen molar-refractivity contribution in [3.63, 3.8) is 0 Å². The smallest absolute Gasteiger partial charge is 0.333 e. The van der Waals surface area contributed by atoms with E-state index in [9.17, 15) is 19.5 Å². The summed E-state index contributed by atoms with van der Waals surface area (Å²) in [6, 6.07) is 19.7. The number of imide groups is 1. The quantitative estimate of drug-likeness (QED) is 0.172. The Balaban J connectivity index is 1.57. The van der Waals surface area contributed by atoms with Gasteiger partial charge in [0.05, 0.1) is 26.9 Å². The number of hydroxylamine groups is 2. The topological polar surface area (TPSA) is 112 Å². The van der Waals surface area contributed by atoms with Crippen LogP contribution in [0.2, 0.25) is 0 Å². The molecule has 1 saturated heterocycles. The number of nitrogens with zero attached hydrogens (tertiary/aromatic N) is 1. The molecule has 0 atom stereocenters. The number of aliphatic hydroxyl groups is 1. The first kappa shape index (κ1) is 29.2. The molecule has 3 aromatic carbocycles. The molecule has 2 amide bonds. The predicted molar refractivity (Wildman–Crippen MR) is 149 cm³/mol. The highest BCUT2D eigenvalue weighted by molar-refractivity contribution is 6.01. The van der Waals surface area contributed by atoms with E-state index in [1.807, 2.05) is 0 Å². The van der Waals surface area contributed by atoms with Crippen LogP contribution in [0.4, 0.5) is 0 Å². The van der Waals surface area contributed by atoms with Crippen LogP contribution in [0, 0.1) is 11.8 Å². The van der Waals surface area contributed by atoms with Gasteiger partial charge < -0.3 is 24.2 Å². The van der Waals surface area contributed by atoms with Crippen LogP contribution in [0.25, 0.3) is 0 Å². The molecule has 1 aliphatic rings. The van der Waals surface area contributed by atoms with Crippen LogP contribution >= 0.6 is 0 Å². The molecule has 0 aliphatic carbocycles. The van der Waals surface area contributed by atoms with E-state index in [4.69, 9.17) is 19.0 Å². The molecule has 0 radical (unpaired) electrons. The van der Waals surface area contributed by atoms with Crippen LogP contribution in [0.3, 0.4) is 0 Å². The third kappa shape index (κ3) is 6.51. The van der Waals surface area contributed by atoms with Crippen molar-refractivity contribution in [2.45, 2.75) is 37.7 Å². The van der Waals surface area contributed by atoms with E-state index in [0.29, 0.717) is 57.4 Å². The van der Waals surface area contributed by atoms with Gasteiger partial charge in [-0.25, -0.2) is 4.79 Å². The Morgan fingerprint density at radius 2 is 1.37 bits per heavy atom. The average Bonchev–Trinajstić information content (AvgIpc) is 3.32. The van der Waals surface area contributed by atoms with Crippen molar-refractivity contribution in [3.8, 4) is 29.1 Å². The fourth-order valence-corrected chi connectivity index (χ4v) is 4.48. The van der Waals surface area contributed by atoms with Crippen molar-refractivity contribution < 1.29 is 38.5 Å². The Hall–Kier alpha value is -4.81. The second kappa shape index (κ2) is 13.0. The lowest BCUT2D eigenvalue weighted by Crippen LogP contribution is -2.31. The van der Waals surface area contributed by atoms with Gasteiger partial charge in [0.1, 0.15) is 22.8 Å². The van der Waals surface area contributed by atoms with Gasteiger partial charge in [0.15, 0.2) is 0 Å². The van der Waals surface area contributed by atoms with Crippen molar-refractivity contribution in [2.24, 2.45) is 0 Å². The molecule has 0 spiro atoms. The first-order valence-corrected chi connectivity index (χ1v) is 13.1. The number of hydrogen-bond acceptors (Lipinski definition) is 8. The SMILES string of the molecule is COc1ccc(C(O)(c2ccc(OC)cc2)c2ccc(OC)c(C#CCCCC(=O)ON3C(=O)CCC3=O)c2)cc1. The molecule has 1 N–H and O–H groups in total. The van der Waals surface area contributed by atoms with Crippen LogP contribution in [0.1, 0.15) is 54.4 Å². The number of amides is 2. The Morgan fingerprint density at radius 3 is 1.88 bits per heavy atom. The number of ether oxygens (including phenoxy) is 3. The number of hydrogen-bond donors (Lipinski definition) is 1. The molecule has 0 saturated carbocycles. The zero-order valence-electron chi connectivity index (χ0n) is 23.1. The number of rotatable bonds is 10. The highest BCUT2D eigenvalue weighted by Gasteiger charge is 2.35. The van der Waals surface area contributed by atoms with Crippen molar-refractivity contribution in [1.82, 2.24) is 5.06 Å². The van der Waals surface area contributed by atoms with Crippen LogP contribution < -0.4 is 14.2 Å². The Labute approximate surface area is 238 Å². The minimum atomic E-state index is -1.53. The van der Waals surface area contributed by atoms with E-state index >= 15 is 0 Å². The zero-order valence-corrected chi connectivity index (χ0v) is 23.1. The molecular weight excluding hydrogens is 526 g/mol. The van der Waals surface area contributed by atoms with Crippen LogP contribution in [-0.2, 0) is 24.8 Å². The Kier molecular flexibility index (Phi) is 9.27. The fraction of sp³-hybridized carbons (Fsp3) is 0.281. The van der Waals surface area contributed by atoms with Crippen molar-refractivity contribution in [2.75, 3.05) is 21.3 Å². The minimum absolute atomic E-state index is 0.00238. The summed E-state index contributed by atoms with van der Waals surface area (Å²) in [6.07, 6.45) is 0.810. The molecule has 0 unspecified atom stereocenters. The van der Waals surface area contributed by atoms with Gasteiger partial charge in [-0.3, -0.25) is 9.59 Å². The standard InChI is InChI=1S/C32H31NO8/c1-38-26-14-9-23(10-15-26)32(37,24-11-16-27(39-2)17-12-24)25-13-18-28(40-3)22(21-25)7-5-4-6-8-31(36)41-33-29(34)19-20-30(33)35/h9-18,21,37H,4,6,8,19-20H2,1-3H3. The van der Waals surface area contributed by atoms with E-state index in [-0.39, 0.29) is 19.3 Å². The number of carbonyl (C=O) groups excluding carboxylic acids is 3. The molecule has 1 aliphatic heterocycles. The average molecular weight is 558 g/mol. The monoisotopic (exact) mass is 557 g/mol. The molecule has 0 bridgehead atoms. The summed E-state index contributed by atoms with van der Waals surface area (Å²) in [5.41, 5.74) is 0.847. The molecule has 41 heavy (non-hydrogen) atoms. The summed E-state index contributed by atoms with van der Waals surface area (Å²) in [5, 5.41) is 12.8. The molecule has 1 heterocycles. The highest BCUT2D eigenvalue weighted by Crippen LogP contribution is 2.39. The maximum Gasteiger partial charge on any atom is 0.333 e. The number of benzene rings is 3. The predicted octanol–water partition coefficient (Wildman–Crippen LogP) is 4.13. The van der Waals surface area contributed by atoms with Gasteiger partial charge in [0.25, 0.3) is 11.8 Å². The third-order valence-corrected chi connectivity index (χ3v) is 6.74. The molecule has 4 rings (SSSR count). The summed E-state index contributed by atoms with van der Waals surface area (Å²) < 4.78 is 16.1. The molecule has 3 aromatic rings. The summed E-state index contributed by atoms with van der Waals surface area (Å²) >= 11 is 0. The lowest BCUT2D eigenvalue weighted by Gasteiger charge is -2.31. The van der Waals surface area contributed by atoms with Crippen molar-refractivity contribution >= 4 is 17.8 Å². The summed E-state index contributed by atoms with van der Waals surface area (Å²) in [7, 11) is 4.70. The van der Waals surface area contributed by atoms with Gasteiger partial charge in [0.2, 0.25) is 0 Å². The molecule has 0 aromatic heterocycles. The van der Waals surface area contributed by atoms with E-state index in [1.165, 1.54) is 7.11 Å². The normalized spacial score (nSPS) is 12.9. The molecular formula is C32H31NO8. The lowest BCUT2D eigenvalue weighted by atomic mass is 9.80. The van der Waals surface area contributed by atoms with Crippen molar-refractivity contribution in [3.05, 3.63) is 89.0 Å². The minimum Gasteiger partial charge on any atom is -0.497 e. The van der Waals surface area contributed by atoms with Gasteiger partial charge in [-0.2, -0.15) is 0 Å². The summed E-state index contributed by atoms with van der Waals surface area (Å²) in [4.78, 5) is 40.2. The second-order valence-electron chi connectivity index (χ2n) is 9.28. The second-order valence-corrected chi connectivity index (χ2v) is 9.28. The van der Waals surface area contributed by atoms with E-state index < -0.39 is 23.4 Å². The number of unbranched alkanes of at least 4 members (excludes halogenated alkanes) is 1. The van der Waals surface area contributed by atoms with Gasteiger partial charge >= 0.3 is 5.97 Å². The fourth-order valence-electron chi connectivity index (χ4n) is 4.48. The lowest BCUT2D eigenvalue weighted by molar-refractivity contribution is -0.197. The van der Waals surface area contributed by atoms with Gasteiger partial charge in [-0.1, -0.05) is 42.2 Å². The first-order valence-electron chi connectivity index (χ1n) is 13.1. The van der Waals surface area contributed by atoms with Gasteiger partial charge in [-0.05, 0) is 59.5 Å². The highest BCUT2D eigenvalue weighted by atomic mass is 16.7. The molecule has 212 valence electrons. The van der Waals surface area contributed by atoms with Crippen LogP contribution in [0.5, 0.6) is 17.2 Å². The summed E-state index contributed by atoms with van der Waals surface area (Å²) in [6.45, 7) is 0.